The minimum Gasteiger partial charge on any atom is -0.298 e. The van der Waals surface area contributed by atoms with Gasteiger partial charge in [-0.25, -0.2) is 19.9 Å². The monoisotopic (exact) mass is 829 g/mol. The van der Waals surface area contributed by atoms with E-state index >= 15 is 0 Å². The number of aromatic nitrogens is 5. The van der Waals surface area contributed by atoms with Gasteiger partial charge in [0.05, 0.1) is 34.0 Å². The molecule has 0 saturated heterocycles. The lowest BCUT2D eigenvalue weighted by Crippen LogP contribution is -1.96. The first-order valence-electron chi connectivity index (χ1n) is 21.9. The number of fused-ring (bicyclic) bond motifs is 5. The molecule has 0 radical (unpaired) electrons. The second-order valence-electron chi connectivity index (χ2n) is 16.2. The van der Waals surface area contributed by atoms with Crippen molar-refractivity contribution in [3.05, 3.63) is 237 Å². The third-order valence-electron chi connectivity index (χ3n) is 12.2. The van der Waals surface area contributed by atoms with Gasteiger partial charge in [0.25, 0.3) is 0 Å². The van der Waals surface area contributed by atoms with Gasteiger partial charge in [-0.15, -0.1) is 0 Å². The molecule has 0 aliphatic heterocycles. The van der Waals surface area contributed by atoms with E-state index in [0.29, 0.717) is 5.82 Å². The topological polar surface area (TPSA) is 56.0 Å². The second kappa shape index (κ2) is 16.2. The molecule has 304 valence electrons. The highest BCUT2D eigenvalue weighted by Crippen LogP contribution is 2.41. The summed E-state index contributed by atoms with van der Waals surface area (Å²) in [6.45, 7) is 0. The van der Waals surface area contributed by atoms with Gasteiger partial charge >= 0.3 is 0 Å². The van der Waals surface area contributed by atoms with E-state index in [4.69, 9.17) is 19.9 Å². The van der Waals surface area contributed by atoms with Crippen molar-refractivity contribution in [2.24, 2.45) is 0 Å². The lowest BCUT2D eigenvalue weighted by atomic mass is 9.97. The summed E-state index contributed by atoms with van der Waals surface area (Å²) < 4.78 is 2.26. The predicted octanol–water partition coefficient (Wildman–Crippen LogP) is 15.2. The van der Waals surface area contributed by atoms with Crippen LogP contribution in [-0.4, -0.2) is 24.3 Å². The van der Waals surface area contributed by atoms with Crippen molar-refractivity contribution in [3.63, 3.8) is 0 Å². The van der Waals surface area contributed by atoms with E-state index in [-0.39, 0.29) is 0 Å². The minimum absolute atomic E-state index is 0.692. The number of hydrogen-bond donors (Lipinski definition) is 0. The first-order chi connectivity index (χ1) is 32.2. The summed E-state index contributed by atoms with van der Waals surface area (Å²) in [6, 6.07) is 80.4. The molecular formula is C60H39N5. The largest absolute Gasteiger partial charge is 0.298 e. The fourth-order valence-corrected chi connectivity index (χ4v) is 9.03. The Morgan fingerprint density at radius 1 is 0.292 bits per heavy atom. The molecule has 12 rings (SSSR count). The van der Waals surface area contributed by atoms with Crippen LogP contribution in [0.2, 0.25) is 0 Å². The van der Waals surface area contributed by atoms with Crippen molar-refractivity contribution < 1.29 is 0 Å². The summed E-state index contributed by atoms with van der Waals surface area (Å²) in [7, 11) is 0. The van der Waals surface area contributed by atoms with Crippen LogP contribution in [0.3, 0.4) is 0 Å². The fraction of sp³-hybridized carbons (Fsp3) is 0. The van der Waals surface area contributed by atoms with Gasteiger partial charge in [-0.3, -0.25) is 4.40 Å². The van der Waals surface area contributed by atoms with Crippen molar-refractivity contribution in [1.29, 1.82) is 0 Å². The van der Waals surface area contributed by atoms with Crippen LogP contribution < -0.4 is 0 Å². The molecule has 65 heavy (non-hydrogen) atoms. The average Bonchev–Trinajstić information content (AvgIpc) is 3.79. The van der Waals surface area contributed by atoms with Crippen LogP contribution in [0.5, 0.6) is 0 Å². The van der Waals surface area contributed by atoms with Crippen LogP contribution in [0.15, 0.2) is 237 Å². The Hall–Kier alpha value is -8.80. The number of pyridine rings is 2. The SMILES string of the molecule is c1ccc(-c2ccc(-c3cc(-c4ccc(-c5cccc(-c6c(-c7ccccc7)nc7c8c(ccn67)c(-c6ccccc6)nc6ccccc68)c5)cc4)nc(-c4ccccc4)n3)cc2)cc1. The summed E-state index contributed by atoms with van der Waals surface area (Å²) in [5.74, 6) is 0.692. The molecule has 0 aliphatic rings. The molecule has 4 heterocycles. The molecule has 0 unspecified atom stereocenters. The Bertz CT molecular complexity index is 3660. The standard InChI is InChI=1S/C60H39N5/c1-5-16-40(17-6-1)41-28-32-43(33-29-41)53-39-54(63-59(62-53)47-22-11-4-12-23-47)44-34-30-42(31-35-44)48-24-15-25-49(38-48)58-57(46-20-9-3-10-21-46)64-60-55-50-26-13-14-27-52(50)61-56(45-18-7-2-8-19-45)51(55)36-37-65(58)60/h1-39H. The Morgan fingerprint density at radius 2 is 0.769 bits per heavy atom. The molecule has 0 spiro atoms. The van der Waals surface area contributed by atoms with Gasteiger partial charge in [-0.2, -0.15) is 0 Å². The maximum atomic E-state index is 5.52. The van der Waals surface area contributed by atoms with Crippen LogP contribution in [0.1, 0.15) is 0 Å². The summed E-state index contributed by atoms with van der Waals surface area (Å²) in [5, 5.41) is 3.23. The molecule has 4 aromatic heterocycles. The van der Waals surface area contributed by atoms with Crippen molar-refractivity contribution >= 4 is 27.3 Å². The zero-order chi connectivity index (χ0) is 43.1. The Balaban J connectivity index is 0.957. The van der Waals surface area contributed by atoms with Crippen molar-refractivity contribution in [1.82, 2.24) is 24.3 Å². The Kier molecular flexibility index (Phi) is 9.42. The molecule has 0 fully saturated rings. The maximum Gasteiger partial charge on any atom is 0.160 e. The summed E-state index contributed by atoms with van der Waals surface area (Å²) in [5.41, 5.74) is 17.3. The Morgan fingerprint density at radius 3 is 1.40 bits per heavy atom. The lowest BCUT2D eigenvalue weighted by Gasteiger charge is -2.13. The van der Waals surface area contributed by atoms with Crippen LogP contribution in [0.25, 0.3) is 117 Å². The lowest BCUT2D eigenvalue weighted by molar-refractivity contribution is 1.18. The first kappa shape index (κ1) is 37.9. The molecule has 0 atom stereocenters. The van der Waals surface area contributed by atoms with Crippen LogP contribution >= 0.6 is 0 Å². The number of benzene rings is 8. The first-order valence-corrected chi connectivity index (χ1v) is 21.9. The van der Waals surface area contributed by atoms with Crippen LogP contribution in [0.4, 0.5) is 0 Å². The van der Waals surface area contributed by atoms with Gasteiger partial charge < -0.3 is 0 Å². The van der Waals surface area contributed by atoms with E-state index in [0.717, 1.165) is 100 Å². The molecular weight excluding hydrogens is 791 g/mol. The predicted molar refractivity (Wildman–Crippen MR) is 267 cm³/mol. The summed E-state index contributed by atoms with van der Waals surface area (Å²) in [4.78, 5) is 20.9. The van der Waals surface area contributed by atoms with E-state index in [2.05, 4.69) is 211 Å². The fourth-order valence-electron chi connectivity index (χ4n) is 9.03. The average molecular weight is 830 g/mol. The molecule has 5 nitrogen and oxygen atoms in total. The second-order valence-corrected chi connectivity index (χ2v) is 16.2. The number of para-hydroxylation sites is 1. The van der Waals surface area contributed by atoms with E-state index < -0.39 is 0 Å². The van der Waals surface area contributed by atoms with Gasteiger partial charge in [0.15, 0.2) is 5.82 Å². The number of nitrogens with zero attached hydrogens (tertiary/aromatic N) is 5. The van der Waals surface area contributed by atoms with E-state index in [1.165, 1.54) is 11.1 Å². The summed E-state index contributed by atoms with van der Waals surface area (Å²) >= 11 is 0. The molecule has 0 aliphatic carbocycles. The highest BCUT2D eigenvalue weighted by atomic mass is 15.0. The highest BCUT2D eigenvalue weighted by Gasteiger charge is 2.21. The summed E-state index contributed by atoms with van der Waals surface area (Å²) in [6.07, 6.45) is 2.16. The molecule has 0 amide bonds. The van der Waals surface area contributed by atoms with Gasteiger partial charge in [0.1, 0.15) is 5.65 Å². The van der Waals surface area contributed by atoms with Gasteiger partial charge in [0.2, 0.25) is 0 Å². The van der Waals surface area contributed by atoms with Crippen LogP contribution in [0, 0.1) is 0 Å². The molecule has 8 aromatic carbocycles. The van der Waals surface area contributed by atoms with Crippen LogP contribution in [-0.2, 0) is 0 Å². The van der Waals surface area contributed by atoms with Crippen molar-refractivity contribution in [2.75, 3.05) is 0 Å². The molecule has 5 heteroatoms. The number of imidazole rings is 1. The van der Waals surface area contributed by atoms with E-state index in [1.54, 1.807) is 0 Å². The van der Waals surface area contributed by atoms with Gasteiger partial charge in [-0.1, -0.05) is 206 Å². The maximum absolute atomic E-state index is 5.52. The Labute approximate surface area is 376 Å². The van der Waals surface area contributed by atoms with Crippen molar-refractivity contribution in [2.45, 2.75) is 0 Å². The molecule has 0 saturated carbocycles. The van der Waals surface area contributed by atoms with Gasteiger partial charge in [-0.05, 0) is 46.5 Å². The molecule has 0 bridgehead atoms. The smallest absolute Gasteiger partial charge is 0.160 e. The molecule has 0 N–H and O–H groups in total. The zero-order valence-electron chi connectivity index (χ0n) is 35.3. The van der Waals surface area contributed by atoms with E-state index in [1.807, 2.05) is 30.3 Å². The van der Waals surface area contributed by atoms with Crippen molar-refractivity contribution in [3.8, 4) is 89.9 Å². The normalized spacial score (nSPS) is 11.4. The highest BCUT2D eigenvalue weighted by molar-refractivity contribution is 6.17. The minimum atomic E-state index is 0.692. The third kappa shape index (κ3) is 7.02. The van der Waals surface area contributed by atoms with Gasteiger partial charge in [0, 0.05) is 55.7 Å². The number of hydrogen-bond acceptors (Lipinski definition) is 4. The quantitative estimate of drug-likeness (QED) is 0.143. The molecule has 12 aromatic rings. The number of rotatable bonds is 8. The third-order valence-corrected chi connectivity index (χ3v) is 12.2. The van der Waals surface area contributed by atoms with E-state index in [9.17, 15) is 0 Å². The zero-order valence-corrected chi connectivity index (χ0v) is 35.3.